The summed E-state index contributed by atoms with van der Waals surface area (Å²) < 4.78 is 22.6. The Labute approximate surface area is 362 Å². The number of quaternary nitrogens is 1. The fraction of sp³-hybridized carbons (Fsp3) is 0.820. The lowest BCUT2D eigenvalue weighted by Crippen LogP contribution is -2.44. The van der Waals surface area contributed by atoms with Crippen molar-refractivity contribution in [2.45, 2.75) is 219 Å². The molecule has 2 atom stereocenters. The fourth-order valence-electron chi connectivity index (χ4n) is 6.56. The molecular formula is C50H91NO8. The van der Waals surface area contributed by atoms with E-state index >= 15 is 0 Å². The predicted octanol–water partition coefficient (Wildman–Crippen LogP) is 11.7. The van der Waals surface area contributed by atoms with Gasteiger partial charge in [-0.15, -0.1) is 0 Å². The summed E-state index contributed by atoms with van der Waals surface area (Å²) in [6.45, 7) is 4.70. The molecule has 0 aromatic rings. The van der Waals surface area contributed by atoms with E-state index in [4.69, 9.17) is 18.9 Å². The summed E-state index contributed by atoms with van der Waals surface area (Å²) in [5, 5.41) is 11.7. The number of carboxylic acid groups (broad SMARTS) is 1. The topological polar surface area (TPSA) is 111 Å². The third-order valence-corrected chi connectivity index (χ3v) is 10.4. The number of likely N-dealkylation sites (N-methyl/N-ethyl adjacent to an activating group) is 1. The van der Waals surface area contributed by atoms with E-state index in [0.29, 0.717) is 17.4 Å². The maximum absolute atomic E-state index is 12.8. The zero-order valence-electron chi connectivity index (χ0n) is 38.9. The molecular weight excluding hydrogens is 743 g/mol. The van der Waals surface area contributed by atoms with Crippen LogP contribution in [0, 0.1) is 0 Å². The number of nitrogens with zero attached hydrogens (tertiary/aromatic N) is 1. The minimum absolute atomic E-state index is 0.145. The van der Waals surface area contributed by atoms with Crippen LogP contribution in [0.2, 0.25) is 0 Å². The molecule has 9 heteroatoms. The Kier molecular flexibility index (Phi) is 40.4. The predicted molar refractivity (Wildman–Crippen MR) is 242 cm³/mol. The molecule has 0 spiro atoms. The lowest BCUT2D eigenvalue weighted by atomic mass is 10.1. The van der Waals surface area contributed by atoms with Crippen LogP contribution in [0.15, 0.2) is 36.5 Å². The molecule has 59 heavy (non-hydrogen) atoms. The highest BCUT2D eigenvalue weighted by Crippen LogP contribution is 2.14. The molecule has 0 amide bonds. The molecule has 0 saturated carbocycles. The lowest BCUT2D eigenvalue weighted by molar-refractivity contribution is -0.870. The zero-order valence-corrected chi connectivity index (χ0v) is 38.9. The Bertz CT molecular complexity index is 1070. The average molecular weight is 834 g/mol. The quantitative estimate of drug-likeness (QED) is 0.0196. The van der Waals surface area contributed by atoms with Gasteiger partial charge in [-0.1, -0.05) is 159 Å². The number of unbranched alkanes of at least 4 members (excludes halogenated alkanes) is 23. The maximum atomic E-state index is 12.8. The molecule has 0 aromatic carbocycles. The third kappa shape index (κ3) is 43.4. The summed E-state index contributed by atoms with van der Waals surface area (Å²) in [6.07, 6.45) is 44.5. The van der Waals surface area contributed by atoms with Crippen molar-refractivity contribution in [1.82, 2.24) is 0 Å². The molecule has 0 aromatic heterocycles. The number of hydrogen-bond donors (Lipinski definition) is 0. The second-order valence-corrected chi connectivity index (χ2v) is 17.4. The van der Waals surface area contributed by atoms with Gasteiger partial charge in [0.05, 0.1) is 40.3 Å². The Balaban J connectivity index is 4.41. The van der Waals surface area contributed by atoms with Gasteiger partial charge in [0.2, 0.25) is 0 Å². The summed E-state index contributed by atoms with van der Waals surface area (Å²) in [7, 11) is 5.91. The van der Waals surface area contributed by atoms with E-state index in [-0.39, 0.29) is 38.6 Å². The van der Waals surface area contributed by atoms with E-state index in [1.54, 1.807) is 0 Å². The highest BCUT2D eigenvalue weighted by Gasteiger charge is 2.21. The second-order valence-electron chi connectivity index (χ2n) is 17.4. The maximum Gasteiger partial charge on any atom is 0.306 e. The molecule has 344 valence electrons. The third-order valence-electron chi connectivity index (χ3n) is 10.4. The van der Waals surface area contributed by atoms with Crippen LogP contribution in [0.25, 0.3) is 0 Å². The van der Waals surface area contributed by atoms with Gasteiger partial charge in [-0.3, -0.25) is 9.59 Å². The second kappa shape index (κ2) is 42.2. The smallest absolute Gasteiger partial charge is 0.306 e. The van der Waals surface area contributed by atoms with Gasteiger partial charge in [-0.05, 0) is 70.6 Å². The van der Waals surface area contributed by atoms with Crippen molar-refractivity contribution in [3.8, 4) is 0 Å². The van der Waals surface area contributed by atoms with Crippen LogP contribution in [-0.2, 0) is 33.3 Å². The normalized spacial score (nSPS) is 13.2. The fourth-order valence-corrected chi connectivity index (χ4v) is 6.56. The highest BCUT2D eigenvalue weighted by atomic mass is 16.7. The summed E-state index contributed by atoms with van der Waals surface area (Å²) in [4.78, 5) is 37.1. The van der Waals surface area contributed by atoms with Crippen LogP contribution >= 0.6 is 0 Å². The van der Waals surface area contributed by atoms with Crippen molar-refractivity contribution in [1.29, 1.82) is 0 Å². The molecule has 0 radical (unpaired) electrons. The van der Waals surface area contributed by atoms with Crippen LogP contribution < -0.4 is 5.11 Å². The summed E-state index contributed by atoms with van der Waals surface area (Å²) in [5.41, 5.74) is 0. The molecule has 0 heterocycles. The number of carbonyl (C=O) groups excluding carboxylic acids is 3. The minimum atomic E-state index is -1.62. The molecule has 2 unspecified atom stereocenters. The van der Waals surface area contributed by atoms with E-state index < -0.39 is 24.3 Å². The van der Waals surface area contributed by atoms with Crippen LogP contribution in [0.4, 0.5) is 0 Å². The van der Waals surface area contributed by atoms with Crippen LogP contribution in [-0.4, -0.2) is 82.3 Å². The van der Waals surface area contributed by atoms with E-state index in [2.05, 4.69) is 50.3 Å². The average Bonchev–Trinajstić information content (AvgIpc) is 3.19. The Hall–Kier alpha value is -2.49. The number of ether oxygens (including phenoxy) is 4. The Morgan fingerprint density at radius 3 is 1.39 bits per heavy atom. The van der Waals surface area contributed by atoms with Gasteiger partial charge in [-0.25, -0.2) is 0 Å². The van der Waals surface area contributed by atoms with E-state index in [0.717, 1.165) is 64.2 Å². The zero-order chi connectivity index (χ0) is 43.5. The monoisotopic (exact) mass is 834 g/mol. The van der Waals surface area contributed by atoms with Crippen LogP contribution in [0.3, 0.4) is 0 Å². The lowest BCUT2D eigenvalue weighted by Gasteiger charge is -2.26. The first-order chi connectivity index (χ1) is 28.6. The molecule has 0 aliphatic heterocycles. The van der Waals surface area contributed by atoms with E-state index in [1.165, 1.54) is 109 Å². The van der Waals surface area contributed by atoms with Gasteiger partial charge in [0.25, 0.3) is 0 Å². The SMILES string of the molecule is CCCCC/C=C\C/C=C\CCCCCCCCCC(=O)OC(COC(=O)CCCCCCCCC/C=C\CCCCCCCC)COC(OCC[N+](C)(C)C)C(=O)[O-]. The Morgan fingerprint density at radius 1 is 0.508 bits per heavy atom. The molecule has 0 saturated heterocycles. The van der Waals surface area contributed by atoms with Crippen molar-refractivity contribution in [2.75, 3.05) is 47.5 Å². The van der Waals surface area contributed by atoms with Crippen LogP contribution in [0.1, 0.15) is 206 Å². The van der Waals surface area contributed by atoms with Crippen molar-refractivity contribution in [3.63, 3.8) is 0 Å². The number of rotatable bonds is 44. The van der Waals surface area contributed by atoms with Crippen molar-refractivity contribution in [3.05, 3.63) is 36.5 Å². The minimum Gasteiger partial charge on any atom is -0.545 e. The van der Waals surface area contributed by atoms with Crippen molar-refractivity contribution >= 4 is 17.9 Å². The number of carbonyl (C=O) groups is 3. The molecule has 0 N–H and O–H groups in total. The summed E-state index contributed by atoms with van der Waals surface area (Å²) >= 11 is 0. The number of carboxylic acids is 1. The number of allylic oxidation sites excluding steroid dienone is 6. The van der Waals surface area contributed by atoms with Gasteiger partial charge in [0, 0.05) is 12.8 Å². The van der Waals surface area contributed by atoms with Crippen LogP contribution in [0.5, 0.6) is 0 Å². The number of esters is 2. The van der Waals surface area contributed by atoms with Crippen molar-refractivity contribution < 1.29 is 42.9 Å². The molecule has 0 aliphatic rings. The van der Waals surface area contributed by atoms with Gasteiger partial charge in [0.15, 0.2) is 12.4 Å². The van der Waals surface area contributed by atoms with Gasteiger partial charge < -0.3 is 33.3 Å². The van der Waals surface area contributed by atoms with Crippen molar-refractivity contribution in [2.24, 2.45) is 0 Å². The first kappa shape index (κ1) is 56.5. The van der Waals surface area contributed by atoms with Gasteiger partial charge >= 0.3 is 11.9 Å². The molecule has 9 nitrogen and oxygen atoms in total. The van der Waals surface area contributed by atoms with E-state index in [9.17, 15) is 19.5 Å². The number of hydrogen-bond acceptors (Lipinski definition) is 8. The molecule has 0 aliphatic carbocycles. The van der Waals surface area contributed by atoms with Gasteiger partial charge in [-0.2, -0.15) is 0 Å². The first-order valence-corrected chi connectivity index (χ1v) is 24.1. The van der Waals surface area contributed by atoms with E-state index in [1.807, 2.05) is 21.1 Å². The van der Waals surface area contributed by atoms with Gasteiger partial charge in [0.1, 0.15) is 13.2 Å². The standard InChI is InChI=1S/C50H91NO8/c1-6-8-10-12-14-16-18-20-22-24-26-28-30-32-34-36-38-40-47(52)57-44-46(45-58-50(49(54)55)56-43-42-51(3,4)5)59-48(53)41-39-37-35-33-31-29-27-25-23-21-19-17-15-13-11-9-7-2/h15,17,20-23,46,50H,6-14,16,18-19,24-45H2,1-5H3/b17-15-,22-20-,23-21-. The molecule has 0 bridgehead atoms. The summed E-state index contributed by atoms with van der Waals surface area (Å²) in [5.74, 6) is -2.30. The Morgan fingerprint density at radius 2 is 0.915 bits per heavy atom. The summed E-state index contributed by atoms with van der Waals surface area (Å²) in [6, 6.07) is 0. The number of aliphatic carboxylic acids is 1. The molecule has 0 rings (SSSR count). The largest absolute Gasteiger partial charge is 0.545 e. The highest BCUT2D eigenvalue weighted by molar-refractivity contribution is 5.70. The molecule has 0 fully saturated rings. The first-order valence-electron chi connectivity index (χ1n) is 24.1.